The third-order valence-electron chi connectivity index (χ3n) is 3.82. The standard InChI is InChI=1S/C14H22N2O3S.ClH/c1-11-9-13(6-7-14(11)19-2)20(17,18)16-8-4-3-5-12(16)10-15;/h6-7,9,12H,3-5,8,10,15H2,1-2H3;1H. The first-order valence-corrected chi connectivity index (χ1v) is 8.31. The van der Waals surface area contributed by atoms with Crippen LogP contribution in [0.3, 0.4) is 0 Å². The molecule has 1 aliphatic rings. The molecule has 1 aromatic rings. The molecule has 0 aromatic heterocycles. The van der Waals surface area contributed by atoms with E-state index in [1.165, 1.54) is 0 Å². The molecule has 1 aromatic carbocycles. The van der Waals surface area contributed by atoms with Gasteiger partial charge in [-0.2, -0.15) is 4.31 Å². The van der Waals surface area contributed by atoms with Crippen molar-refractivity contribution in [2.45, 2.75) is 37.1 Å². The lowest BCUT2D eigenvalue weighted by Gasteiger charge is -2.34. The van der Waals surface area contributed by atoms with Crippen molar-refractivity contribution < 1.29 is 13.2 Å². The van der Waals surface area contributed by atoms with Gasteiger partial charge in [0.15, 0.2) is 0 Å². The quantitative estimate of drug-likeness (QED) is 0.913. The predicted octanol–water partition coefficient (Wildman–Crippen LogP) is 1.93. The number of halogens is 1. The first-order chi connectivity index (χ1) is 9.50. The van der Waals surface area contributed by atoms with Gasteiger partial charge in [0, 0.05) is 19.1 Å². The van der Waals surface area contributed by atoms with Crippen LogP contribution in [0.15, 0.2) is 23.1 Å². The second-order valence-corrected chi connectivity index (χ2v) is 7.02. The van der Waals surface area contributed by atoms with Crippen LogP contribution in [0.2, 0.25) is 0 Å². The Kier molecular flexibility index (Phi) is 6.46. The molecule has 0 aliphatic carbocycles. The minimum atomic E-state index is -3.47. The summed E-state index contributed by atoms with van der Waals surface area (Å²) >= 11 is 0. The van der Waals surface area contributed by atoms with Gasteiger partial charge in [-0.15, -0.1) is 12.4 Å². The van der Waals surface area contributed by atoms with E-state index >= 15 is 0 Å². The smallest absolute Gasteiger partial charge is 0.243 e. The van der Waals surface area contributed by atoms with Gasteiger partial charge >= 0.3 is 0 Å². The molecule has 1 fully saturated rings. The molecule has 0 radical (unpaired) electrons. The minimum absolute atomic E-state index is 0. The fourth-order valence-corrected chi connectivity index (χ4v) is 4.46. The Balaban J connectivity index is 0.00000220. The third-order valence-corrected chi connectivity index (χ3v) is 5.77. The van der Waals surface area contributed by atoms with Crippen LogP contribution in [-0.4, -0.2) is 39.0 Å². The highest BCUT2D eigenvalue weighted by Gasteiger charge is 2.32. The van der Waals surface area contributed by atoms with Gasteiger partial charge in [0.25, 0.3) is 0 Å². The van der Waals surface area contributed by atoms with Crippen LogP contribution in [0.25, 0.3) is 0 Å². The highest BCUT2D eigenvalue weighted by atomic mass is 35.5. The molecule has 7 heteroatoms. The van der Waals surface area contributed by atoms with Gasteiger partial charge in [0.1, 0.15) is 5.75 Å². The normalized spacial score (nSPS) is 19.9. The summed E-state index contributed by atoms with van der Waals surface area (Å²) in [5.74, 6) is 0.693. The van der Waals surface area contributed by atoms with E-state index in [1.54, 1.807) is 29.6 Å². The first kappa shape index (κ1) is 18.2. The van der Waals surface area contributed by atoms with Crippen molar-refractivity contribution in [1.29, 1.82) is 0 Å². The molecular formula is C14H23ClN2O3S. The van der Waals surface area contributed by atoms with Crippen LogP contribution >= 0.6 is 12.4 Å². The summed E-state index contributed by atoms with van der Waals surface area (Å²) in [6, 6.07) is 4.87. The number of benzene rings is 1. The van der Waals surface area contributed by atoms with E-state index in [2.05, 4.69) is 0 Å². The average molecular weight is 335 g/mol. The number of hydrogen-bond donors (Lipinski definition) is 1. The largest absolute Gasteiger partial charge is 0.496 e. The fourth-order valence-electron chi connectivity index (χ4n) is 2.67. The van der Waals surface area contributed by atoms with Crippen molar-refractivity contribution in [3.63, 3.8) is 0 Å². The fraction of sp³-hybridized carbons (Fsp3) is 0.571. The monoisotopic (exact) mass is 334 g/mol. The van der Waals surface area contributed by atoms with Crippen LogP contribution in [-0.2, 0) is 10.0 Å². The molecule has 0 saturated carbocycles. The molecule has 1 heterocycles. The molecule has 0 amide bonds. The maximum atomic E-state index is 12.7. The van der Waals surface area contributed by atoms with Crippen molar-refractivity contribution >= 4 is 22.4 Å². The summed E-state index contributed by atoms with van der Waals surface area (Å²) in [4.78, 5) is 0.316. The number of aryl methyl sites for hydroxylation is 1. The van der Waals surface area contributed by atoms with Crippen molar-refractivity contribution in [3.05, 3.63) is 23.8 Å². The van der Waals surface area contributed by atoms with Crippen molar-refractivity contribution in [2.75, 3.05) is 20.2 Å². The molecule has 1 atom stereocenters. The Morgan fingerprint density at radius 1 is 1.38 bits per heavy atom. The molecule has 5 nitrogen and oxygen atoms in total. The lowest BCUT2D eigenvalue weighted by atomic mass is 10.1. The van der Waals surface area contributed by atoms with Crippen LogP contribution in [0.4, 0.5) is 0 Å². The van der Waals surface area contributed by atoms with Gasteiger partial charge in [0.05, 0.1) is 12.0 Å². The molecule has 2 rings (SSSR count). The molecule has 0 bridgehead atoms. The summed E-state index contributed by atoms with van der Waals surface area (Å²) in [7, 11) is -1.90. The third kappa shape index (κ3) is 3.69. The summed E-state index contributed by atoms with van der Waals surface area (Å²) in [5.41, 5.74) is 6.53. The van der Waals surface area contributed by atoms with Crippen LogP contribution in [0, 0.1) is 6.92 Å². The summed E-state index contributed by atoms with van der Waals surface area (Å²) in [6.45, 7) is 2.76. The Morgan fingerprint density at radius 3 is 2.67 bits per heavy atom. The minimum Gasteiger partial charge on any atom is -0.496 e. The Labute approximate surface area is 132 Å². The molecule has 120 valence electrons. The maximum Gasteiger partial charge on any atom is 0.243 e. The summed E-state index contributed by atoms with van der Waals surface area (Å²) in [5, 5.41) is 0. The van der Waals surface area contributed by atoms with E-state index in [-0.39, 0.29) is 18.4 Å². The molecule has 1 unspecified atom stereocenters. The highest BCUT2D eigenvalue weighted by Crippen LogP contribution is 2.27. The topological polar surface area (TPSA) is 72.6 Å². The molecule has 1 aliphatic heterocycles. The molecule has 1 saturated heterocycles. The highest BCUT2D eigenvalue weighted by molar-refractivity contribution is 7.89. The number of piperidine rings is 1. The number of hydrogen-bond acceptors (Lipinski definition) is 4. The van der Waals surface area contributed by atoms with Gasteiger partial charge in [-0.25, -0.2) is 8.42 Å². The zero-order chi connectivity index (χ0) is 14.8. The molecule has 0 spiro atoms. The lowest BCUT2D eigenvalue weighted by Crippen LogP contribution is -2.47. The molecular weight excluding hydrogens is 312 g/mol. The lowest BCUT2D eigenvalue weighted by molar-refractivity contribution is 0.257. The van der Waals surface area contributed by atoms with Gasteiger partial charge in [0.2, 0.25) is 10.0 Å². The van der Waals surface area contributed by atoms with Crippen molar-refractivity contribution in [1.82, 2.24) is 4.31 Å². The zero-order valence-corrected chi connectivity index (χ0v) is 14.0. The number of nitrogens with zero attached hydrogens (tertiary/aromatic N) is 1. The Bertz CT molecular complexity index is 578. The van der Waals surface area contributed by atoms with Crippen molar-refractivity contribution in [3.8, 4) is 5.75 Å². The van der Waals surface area contributed by atoms with Crippen LogP contribution < -0.4 is 10.5 Å². The first-order valence-electron chi connectivity index (χ1n) is 6.87. The van der Waals surface area contributed by atoms with Gasteiger partial charge < -0.3 is 10.5 Å². The van der Waals surface area contributed by atoms with E-state index in [0.29, 0.717) is 23.7 Å². The second kappa shape index (κ2) is 7.45. The molecule has 2 N–H and O–H groups in total. The average Bonchev–Trinajstić information content (AvgIpc) is 2.47. The van der Waals surface area contributed by atoms with E-state index in [9.17, 15) is 8.42 Å². The maximum absolute atomic E-state index is 12.7. The SMILES string of the molecule is COc1ccc(S(=O)(=O)N2CCCCC2CN)cc1C.Cl. The van der Waals surface area contributed by atoms with Gasteiger partial charge in [-0.1, -0.05) is 6.42 Å². The number of methoxy groups -OCH3 is 1. The second-order valence-electron chi connectivity index (χ2n) is 5.13. The number of ether oxygens (including phenoxy) is 1. The molecule has 21 heavy (non-hydrogen) atoms. The Morgan fingerprint density at radius 2 is 2.10 bits per heavy atom. The zero-order valence-electron chi connectivity index (χ0n) is 12.4. The van der Waals surface area contributed by atoms with E-state index < -0.39 is 10.0 Å². The summed E-state index contributed by atoms with van der Waals surface area (Å²) < 4.78 is 32.2. The number of nitrogens with two attached hydrogens (primary N) is 1. The predicted molar refractivity (Wildman–Crippen MR) is 85.6 cm³/mol. The van der Waals surface area contributed by atoms with E-state index in [0.717, 1.165) is 24.8 Å². The van der Waals surface area contributed by atoms with Gasteiger partial charge in [-0.3, -0.25) is 0 Å². The number of sulfonamides is 1. The summed E-state index contributed by atoms with van der Waals surface area (Å²) in [6.07, 6.45) is 2.77. The number of rotatable bonds is 4. The van der Waals surface area contributed by atoms with E-state index in [4.69, 9.17) is 10.5 Å². The Hall–Kier alpha value is -0.820. The van der Waals surface area contributed by atoms with Gasteiger partial charge in [-0.05, 0) is 43.5 Å². The van der Waals surface area contributed by atoms with Crippen molar-refractivity contribution in [2.24, 2.45) is 5.73 Å². The van der Waals surface area contributed by atoms with Crippen LogP contribution in [0.5, 0.6) is 5.75 Å². The van der Waals surface area contributed by atoms with E-state index in [1.807, 2.05) is 6.92 Å². The van der Waals surface area contributed by atoms with Crippen LogP contribution in [0.1, 0.15) is 24.8 Å².